The van der Waals surface area contributed by atoms with E-state index in [0.29, 0.717) is 17.5 Å². The topological polar surface area (TPSA) is 47.9 Å². The fourth-order valence-corrected chi connectivity index (χ4v) is 7.13. The lowest BCUT2D eigenvalue weighted by molar-refractivity contribution is 0.436. The Bertz CT molecular complexity index is 2230. The Morgan fingerprint density at radius 3 is 1.64 bits per heavy atom. The lowest BCUT2D eigenvalue weighted by Crippen LogP contribution is -2.32. The van der Waals surface area contributed by atoms with Gasteiger partial charge in [-0.25, -0.2) is 15.0 Å². The summed E-state index contributed by atoms with van der Waals surface area (Å²) < 4.78 is 6.52. The summed E-state index contributed by atoms with van der Waals surface area (Å²) in [6.45, 7) is 2.09. The average molecular weight is 578 g/mol. The van der Waals surface area contributed by atoms with Crippen molar-refractivity contribution in [3.63, 3.8) is 0 Å². The van der Waals surface area contributed by atoms with Crippen molar-refractivity contribution in [3.8, 4) is 56.8 Å². The molecule has 2 aliphatic rings. The Morgan fingerprint density at radius 2 is 0.956 bits per heavy atom. The highest BCUT2D eigenvalue weighted by Crippen LogP contribution is 2.62. The molecule has 212 valence electrons. The third kappa shape index (κ3) is 3.82. The van der Waals surface area contributed by atoms with Gasteiger partial charge in [0.05, 0.1) is 5.41 Å². The molecule has 0 amide bonds. The van der Waals surface area contributed by atoms with E-state index in [1.165, 1.54) is 22.3 Å². The van der Waals surface area contributed by atoms with Crippen LogP contribution in [0.2, 0.25) is 0 Å². The van der Waals surface area contributed by atoms with Crippen LogP contribution >= 0.6 is 0 Å². The second-order valence-electron chi connectivity index (χ2n) is 11.7. The van der Waals surface area contributed by atoms with Crippen molar-refractivity contribution in [1.82, 2.24) is 15.0 Å². The van der Waals surface area contributed by atoms with Gasteiger partial charge in [0, 0.05) is 27.8 Å². The minimum absolute atomic E-state index is 0.554. The minimum atomic E-state index is -0.554. The molecule has 0 saturated heterocycles. The van der Waals surface area contributed by atoms with E-state index >= 15 is 0 Å². The van der Waals surface area contributed by atoms with Gasteiger partial charge in [-0.05, 0) is 53.4 Å². The summed E-state index contributed by atoms with van der Waals surface area (Å²) in [7, 11) is 0. The van der Waals surface area contributed by atoms with Crippen molar-refractivity contribution in [2.24, 2.45) is 0 Å². The zero-order valence-electron chi connectivity index (χ0n) is 24.6. The predicted octanol–water partition coefficient (Wildman–Crippen LogP) is 9.65. The highest BCUT2D eigenvalue weighted by molar-refractivity contribution is 5.90. The van der Waals surface area contributed by atoms with Gasteiger partial charge in [-0.2, -0.15) is 0 Å². The molecule has 1 aliphatic carbocycles. The second kappa shape index (κ2) is 9.83. The Labute approximate surface area is 261 Å². The highest BCUT2D eigenvalue weighted by Gasteiger charge is 2.51. The van der Waals surface area contributed by atoms with Gasteiger partial charge in [-0.1, -0.05) is 127 Å². The molecule has 1 spiro atoms. The maximum Gasteiger partial charge on any atom is 0.164 e. The van der Waals surface area contributed by atoms with E-state index in [1.54, 1.807) is 0 Å². The molecule has 7 aromatic rings. The van der Waals surface area contributed by atoms with Gasteiger partial charge in [0.25, 0.3) is 0 Å². The molecule has 0 unspecified atom stereocenters. The van der Waals surface area contributed by atoms with Crippen LogP contribution in [-0.2, 0) is 5.41 Å². The Balaban J connectivity index is 1.33. The van der Waals surface area contributed by atoms with E-state index in [4.69, 9.17) is 19.7 Å². The number of benzene rings is 6. The van der Waals surface area contributed by atoms with Crippen molar-refractivity contribution in [2.45, 2.75) is 12.3 Å². The molecule has 9 rings (SSSR count). The van der Waals surface area contributed by atoms with Gasteiger partial charge in [0.15, 0.2) is 17.5 Å². The number of hydrogen-bond acceptors (Lipinski definition) is 4. The number of aromatic nitrogens is 3. The molecule has 0 N–H and O–H groups in total. The fraction of sp³-hybridized carbons (Fsp3) is 0.0488. The predicted molar refractivity (Wildman–Crippen MR) is 178 cm³/mol. The number of nitrogens with zero attached hydrogens (tertiary/aromatic N) is 3. The lowest BCUT2D eigenvalue weighted by Gasteiger charge is -2.39. The molecule has 4 nitrogen and oxygen atoms in total. The monoisotopic (exact) mass is 577 g/mol. The number of fused-ring (bicyclic) bond motifs is 9. The number of rotatable bonds is 3. The van der Waals surface area contributed by atoms with E-state index < -0.39 is 5.41 Å². The first-order valence-electron chi connectivity index (χ1n) is 15.2. The van der Waals surface area contributed by atoms with Crippen LogP contribution < -0.4 is 4.74 Å². The summed E-state index contributed by atoms with van der Waals surface area (Å²) in [6, 6.07) is 50.7. The number of para-hydroxylation sites is 2. The summed E-state index contributed by atoms with van der Waals surface area (Å²) in [4.78, 5) is 15.1. The molecule has 1 aliphatic heterocycles. The molecular formula is C41H27N3O. The second-order valence-corrected chi connectivity index (χ2v) is 11.7. The molecular weight excluding hydrogens is 550 g/mol. The van der Waals surface area contributed by atoms with E-state index in [9.17, 15) is 0 Å². The average Bonchev–Trinajstić information content (AvgIpc) is 3.39. The maximum absolute atomic E-state index is 6.52. The molecule has 6 aromatic carbocycles. The Kier molecular flexibility index (Phi) is 5.59. The SMILES string of the molecule is Cc1cccc(-c2nc(-c3ccccc3)nc(-c3ccc4c(c3)C3(c5ccccc5Oc5ccccc53)c3ccccc3-4)n2)c1. The van der Waals surface area contributed by atoms with Crippen LogP contribution in [0.25, 0.3) is 45.3 Å². The Morgan fingerprint density at radius 1 is 0.422 bits per heavy atom. The first-order valence-corrected chi connectivity index (χ1v) is 15.2. The van der Waals surface area contributed by atoms with Crippen LogP contribution in [-0.4, -0.2) is 15.0 Å². The van der Waals surface area contributed by atoms with Crippen molar-refractivity contribution in [2.75, 3.05) is 0 Å². The van der Waals surface area contributed by atoms with Crippen LogP contribution in [0.15, 0.2) is 146 Å². The first-order chi connectivity index (χ1) is 22.2. The van der Waals surface area contributed by atoms with Gasteiger partial charge >= 0.3 is 0 Å². The zero-order chi connectivity index (χ0) is 30.0. The number of hydrogen-bond donors (Lipinski definition) is 0. The summed E-state index contributed by atoms with van der Waals surface area (Å²) in [5, 5.41) is 0. The van der Waals surface area contributed by atoms with Crippen LogP contribution in [0.1, 0.15) is 27.8 Å². The first kappa shape index (κ1) is 25.6. The van der Waals surface area contributed by atoms with Crippen LogP contribution in [0.3, 0.4) is 0 Å². The third-order valence-electron chi connectivity index (χ3n) is 9.05. The minimum Gasteiger partial charge on any atom is -0.457 e. The van der Waals surface area contributed by atoms with Crippen LogP contribution in [0, 0.1) is 6.92 Å². The van der Waals surface area contributed by atoms with E-state index in [0.717, 1.165) is 44.9 Å². The largest absolute Gasteiger partial charge is 0.457 e. The molecule has 45 heavy (non-hydrogen) atoms. The maximum atomic E-state index is 6.52. The van der Waals surface area contributed by atoms with Gasteiger partial charge in [0.1, 0.15) is 11.5 Å². The summed E-state index contributed by atoms with van der Waals surface area (Å²) in [5.41, 5.74) is 10.6. The van der Waals surface area contributed by atoms with Crippen molar-refractivity contribution in [1.29, 1.82) is 0 Å². The summed E-state index contributed by atoms with van der Waals surface area (Å²) >= 11 is 0. The molecule has 0 saturated carbocycles. The van der Waals surface area contributed by atoms with Crippen molar-refractivity contribution in [3.05, 3.63) is 173 Å². The molecule has 0 radical (unpaired) electrons. The molecule has 1 aromatic heterocycles. The van der Waals surface area contributed by atoms with Crippen molar-refractivity contribution < 1.29 is 4.74 Å². The van der Waals surface area contributed by atoms with Crippen LogP contribution in [0.4, 0.5) is 0 Å². The van der Waals surface area contributed by atoms with Crippen molar-refractivity contribution >= 4 is 0 Å². The normalized spacial score (nSPS) is 13.4. The quantitative estimate of drug-likeness (QED) is 0.210. The van der Waals surface area contributed by atoms with E-state index in [2.05, 4.69) is 104 Å². The molecule has 4 heteroatoms. The molecule has 0 bridgehead atoms. The lowest BCUT2D eigenvalue weighted by atomic mass is 9.66. The fourth-order valence-electron chi connectivity index (χ4n) is 7.13. The smallest absolute Gasteiger partial charge is 0.164 e. The van der Waals surface area contributed by atoms with E-state index in [1.807, 2.05) is 48.5 Å². The van der Waals surface area contributed by atoms with Gasteiger partial charge in [-0.15, -0.1) is 0 Å². The molecule has 0 fully saturated rings. The zero-order valence-corrected chi connectivity index (χ0v) is 24.6. The third-order valence-corrected chi connectivity index (χ3v) is 9.05. The molecule has 0 atom stereocenters. The Hall–Kier alpha value is -5.87. The van der Waals surface area contributed by atoms with E-state index in [-0.39, 0.29) is 0 Å². The number of ether oxygens (including phenoxy) is 1. The highest BCUT2D eigenvalue weighted by atomic mass is 16.5. The summed E-state index contributed by atoms with van der Waals surface area (Å²) in [5.74, 6) is 3.69. The van der Waals surface area contributed by atoms with Gasteiger partial charge in [-0.3, -0.25) is 0 Å². The standard InChI is InChI=1S/C41H27N3O/c1-26-12-11-15-28(24-26)39-42-38(27-13-3-2-4-14-27)43-40(44-39)29-22-23-31-30-16-5-6-17-32(30)41(35(31)25-29)33-18-7-9-20-36(33)45-37-21-10-8-19-34(37)41/h2-25H,1H3. The number of aryl methyl sites for hydroxylation is 1. The summed E-state index contributed by atoms with van der Waals surface area (Å²) in [6.07, 6.45) is 0. The molecule has 2 heterocycles. The van der Waals surface area contributed by atoms with Crippen LogP contribution in [0.5, 0.6) is 11.5 Å². The van der Waals surface area contributed by atoms with Gasteiger partial charge < -0.3 is 4.74 Å². The van der Waals surface area contributed by atoms with Gasteiger partial charge in [0.2, 0.25) is 0 Å².